The van der Waals surface area contributed by atoms with Gasteiger partial charge in [-0.2, -0.15) is 0 Å². The Hall–Kier alpha value is -1.56. The van der Waals surface area contributed by atoms with E-state index in [1.807, 2.05) is 0 Å². The fraction of sp³-hybridized carbons (Fsp3) is 0.385. The van der Waals surface area contributed by atoms with Crippen LogP contribution in [-0.4, -0.2) is 17.0 Å². The Kier molecular flexibility index (Phi) is 4.42. The van der Waals surface area contributed by atoms with Gasteiger partial charge in [-0.15, -0.1) is 0 Å². The number of carbonyl (C=O) groups excluding carboxylic acids is 1. The maximum Gasteiger partial charge on any atom is 0.224 e. The van der Waals surface area contributed by atoms with Crippen LogP contribution in [0.2, 0.25) is 0 Å². The molecule has 1 amide bonds. The SMILES string of the molecule is N/C(=N/O)c1cc(Br)ccc1NC(=O)CC1CCC1. The topological polar surface area (TPSA) is 87.7 Å². The summed E-state index contributed by atoms with van der Waals surface area (Å²) >= 11 is 3.32. The quantitative estimate of drug-likeness (QED) is 0.344. The summed E-state index contributed by atoms with van der Waals surface area (Å²) in [4.78, 5) is 11.9. The average molecular weight is 326 g/mol. The lowest BCUT2D eigenvalue weighted by Gasteiger charge is -2.24. The Balaban J connectivity index is 2.12. The van der Waals surface area contributed by atoms with E-state index in [4.69, 9.17) is 10.9 Å². The molecule has 6 heteroatoms. The molecule has 1 aromatic rings. The molecule has 0 unspecified atom stereocenters. The predicted octanol–water partition coefficient (Wildman–Crippen LogP) is 2.67. The van der Waals surface area contributed by atoms with E-state index in [2.05, 4.69) is 26.4 Å². The maximum absolute atomic E-state index is 11.9. The van der Waals surface area contributed by atoms with E-state index in [1.165, 1.54) is 6.42 Å². The van der Waals surface area contributed by atoms with E-state index in [9.17, 15) is 4.79 Å². The zero-order valence-electron chi connectivity index (χ0n) is 10.4. The van der Waals surface area contributed by atoms with E-state index >= 15 is 0 Å². The molecular formula is C13H16BrN3O2. The Labute approximate surface area is 120 Å². The van der Waals surface area contributed by atoms with Gasteiger partial charge in [-0.1, -0.05) is 27.5 Å². The van der Waals surface area contributed by atoms with Crippen LogP contribution in [0.15, 0.2) is 27.8 Å². The molecule has 1 saturated carbocycles. The lowest BCUT2D eigenvalue weighted by Crippen LogP contribution is -2.23. The highest BCUT2D eigenvalue weighted by Gasteiger charge is 2.21. The van der Waals surface area contributed by atoms with Gasteiger partial charge in [0.1, 0.15) is 0 Å². The molecule has 0 radical (unpaired) electrons. The first-order valence-electron chi connectivity index (χ1n) is 6.17. The molecule has 1 fully saturated rings. The summed E-state index contributed by atoms with van der Waals surface area (Å²) in [6.45, 7) is 0. The third kappa shape index (κ3) is 3.47. The third-order valence-corrected chi connectivity index (χ3v) is 3.83. The molecule has 1 aliphatic rings. The van der Waals surface area contributed by atoms with Crippen molar-refractivity contribution in [3.8, 4) is 0 Å². The number of amidine groups is 1. The fourth-order valence-electron chi connectivity index (χ4n) is 2.05. The summed E-state index contributed by atoms with van der Waals surface area (Å²) in [6, 6.07) is 5.23. The summed E-state index contributed by atoms with van der Waals surface area (Å²) in [5, 5.41) is 14.6. The number of nitrogens with two attached hydrogens (primary N) is 1. The van der Waals surface area contributed by atoms with Crippen molar-refractivity contribution in [2.24, 2.45) is 16.8 Å². The molecule has 19 heavy (non-hydrogen) atoms. The number of hydrogen-bond acceptors (Lipinski definition) is 3. The van der Waals surface area contributed by atoms with Crippen LogP contribution < -0.4 is 11.1 Å². The molecule has 0 aliphatic heterocycles. The van der Waals surface area contributed by atoms with E-state index in [-0.39, 0.29) is 11.7 Å². The molecule has 102 valence electrons. The fourth-order valence-corrected chi connectivity index (χ4v) is 2.41. The minimum atomic E-state index is -0.0287. The number of amides is 1. The smallest absolute Gasteiger partial charge is 0.224 e. The molecule has 0 heterocycles. The van der Waals surface area contributed by atoms with E-state index in [0.29, 0.717) is 23.6 Å². The zero-order chi connectivity index (χ0) is 13.8. The molecule has 0 spiro atoms. The van der Waals surface area contributed by atoms with Crippen LogP contribution in [0.4, 0.5) is 5.69 Å². The first kappa shape index (κ1) is 13.9. The number of benzene rings is 1. The predicted molar refractivity (Wildman–Crippen MR) is 77.2 cm³/mol. The number of nitrogens with zero attached hydrogens (tertiary/aromatic N) is 1. The normalized spacial score (nSPS) is 15.9. The minimum Gasteiger partial charge on any atom is -0.409 e. The molecule has 0 atom stereocenters. The summed E-state index contributed by atoms with van der Waals surface area (Å²) < 4.78 is 0.797. The van der Waals surface area contributed by atoms with Crippen molar-refractivity contribution in [3.05, 3.63) is 28.2 Å². The second-order valence-electron chi connectivity index (χ2n) is 4.72. The van der Waals surface area contributed by atoms with Crippen molar-refractivity contribution in [1.82, 2.24) is 0 Å². The van der Waals surface area contributed by atoms with Crippen LogP contribution in [0.1, 0.15) is 31.2 Å². The number of anilines is 1. The van der Waals surface area contributed by atoms with E-state index < -0.39 is 0 Å². The van der Waals surface area contributed by atoms with Gasteiger partial charge >= 0.3 is 0 Å². The molecule has 0 saturated heterocycles. The second kappa shape index (κ2) is 6.06. The summed E-state index contributed by atoms with van der Waals surface area (Å²) in [5.41, 5.74) is 6.66. The van der Waals surface area contributed by atoms with Crippen LogP contribution in [0.3, 0.4) is 0 Å². The highest BCUT2D eigenvalue weighted by atomic mass is 79.9. The molecule has 0 bridgehead atoms. The number of nitrogens with one attached hydrogen (secondary N) is 1. The monoisotopic (exact) mass is 325 g/mol. The Morgan fingerprint density at radius 1 is 1.53 bits per heavy atom. The van der Waals surface area contributed by atoms with Gasteiger partial charge in [-0.25, -0.2) is 0 Å². The van der Waals surface area contributed by atoms with Crippen molar-refractivity contribution < 1.29 is 10.0 Å². The number of oxime groups is 1. The van der Waals surface area contributed by atoms with Gasteiger partial charge in [0.2, 0.25) is 5.91 Å². The summed E-state index contributed by atoms with van der Waals surface area (Å²) in [6.07, 6.45) is 4.00. The second-order valence-corrected chi connectivity index (χ2v) is 5.64. The van der Waals surface area contributed by atoms with E-state index in [0.717, 1.165) is 17.3 Å². The molecule has 5 nitrogen and oxygen atoms in total. The van der Waals surface area contributed by atoms with Crippen LogP contribution in [-0.2, 0) is 4.79 Å². The Morgan fingerprint density at radius 2 is 2.26 bits per heavy atom. The van der Waals surface area contributed by atoms with Gasteiger partial charge in [-0.3, -0.25) is 4.79 Å². The van der Waals surface area contributed by atoms with Crippen molar-refractivity contribution in [2.75, 3.05) is 5.32 Å². The molecule has 0 aromatic heterocycles. The summed E-state index contributed by atoms with van der Waals surface area (Å²) in [5.74, 6) is 0.446. The zero-order valence-corrected chi connectivity index (χ0v) is 12.0. The Bertz CT molecular complexity index is 513. The molecule has 2 rings (SSSR count). The van der Waals surface area contributed by atoms with Crippen molar-refractivity contribution in [3.63, 3.8) is 0 Å². The van der Waals surface area contributed by atoms with Crippen LogP contribution in [0, 0.1) is 5.92 Å². The highest BCUT2D eigenvalue weighted by Crippen LogP contribution is 2.30. The number of hydrogen-bond donors (Lipinski definition) is 3. The van der Waals surface area contributed by atoms with Gasteiger partial charge in [0.15, 0.2) is 5.84 Å². The number of rotatable bonds is 4. The largest absolute Gasteiger partial charge is 0.409 e. The van der Waals surface area contributed by atoms with Crippen LogP contribution >= 0.6 is 15.9 Å². The van der Waals surface area contributed by atoms with Crippen LogP contribution in [0.25, 0.3) is 0 Å². The first-order valence-corrected chi connectivity index (χ1v) is 6.96. The highest BCUT2D eigenvalue weighted by molar-refractivity contribution is 9.10. The van der Waals surface area contributed by atoms with Gasteiger partial charge in [0, 0.05) is 16.5 Å². The minimum absolute atomic E-state index is 0.0276. The first-order chi connectivity index (χ1) is 9.10. The molecule has 4 N–H and O–H groups in total. The molecule has 1 aliphatic carbocycles. The molecular weight excluding hydrogens is 310 g/mol. The van der Waals surface area contributed by atoms with Crippen molar-refractivity contribution >= 4 is 33.4 Å². The number of carbonyl (C=O) groups is 1. The van der Waals surface area contributed by atoms with Crippen LogP contribution in [0.5, 0.6) is 0 Å². The summed E-state index contributed by atoms with van der Waals surface area (Å²) in [7, 11) is 0. The number of halogens is 1. The third-order valence-electron chi connectivity index (χ3n) is 3.34. The van der Waals surface area contributed by atoms with Crippen molar-refractivity contribution in [1.29, 1.82) is 0 Å². The molecule has 1 aromatic carbocycles. The van der Waals surface area contributed by atoms with Crippen molar-refractivity contribution in [2.45, 2.75) is 25.7 Å². The lowest BCUT2D eigenvalue weighted by molar-refractivity contribution is -0.117. The van der Waals surface area contributed by atoms with E-state index in [1.54, 1.807) is 18.2 Å². The van der Waals surface area contributed by atoms with Gasteiger partial charge in [0.25, 0.3) is 0 Å². The van der Waals surface area contributed by atoms with Gasteiger partial charge in [-0.05, 0) is 37.0 Å². The van der Waals surface area contributed by atoms with Gasteiger partial charge < -0.3 is 16.3 Å². The Morgan fingerprint density at radius 3 is 2.84 bits per heavy atom. The average Bonchev–Trinajstić information content (AvgIpc) is 2.35. The maximum atomic E-state index is 11.9. The standard InChI is InChI=1S/C13H16BrN3O2/c14-9-4-5-11(10(7-9)13(15)17-19)16-12(18)6-8-2-1-3-8/h4-5,7-8,19H,1-3,6H2,(H2,15,17)(H,16,18). The van der Waals surface area contributed by atoms with Gasteiger partial charge in [0.05, 0.1) is 5.69 Å². The lowest BCUT2D eigenvalue weighted by atomic mass is 9.83.